The lowest BCUT2D eigenvalue weighted by atomic mass is 10.0. The standard InChI is InChI=1S/C15H18N2O2.C4H10O2P/c1-10-7-12(8-14(19-3)15(10)18)11(2)17-13-5-4-6-16-9-13;1-3-6-7(5)4-2/h4-9,11,17-18H,1-3H3;3-4H2,1-2H3/q;+1. The molecule has 26 heavy (non-hydrogen) atoms. The van der Waals surface area contributed by atoms with Crippen LogP contribution in [0.15, 0.2) is 36.7 Å². The molecule has 1 aromatic heterocycles. The molecule has 2 unspecified atom stereocenters. The highest BCUT2D eigenvalue weighted by atomic mass is 31.1. The van der Waals surface area contributed by atoms with Crippen LogP contribution in [0.25, 0.3) is 0 Å². The number of aromatic hydroxyl groups is 1. The second-order valence-corrected chi connectivity index (χ2v) is 7.12. The maximum atomic E-state index is 10.3. The van der Waals surface area contributed by atoms with Gasteiger partial charge in [0.15, 0.2) is 17.7 Å². The maximum Gasteiger partial charge on any atom is 0.507 e. The first-order chi connectivity index (χ1) is 12.4. The van der Waals surface area contributed by atoms with Gasteiger partial charge >= 0.3 is 8.03 Å². The van der Waals surface area contributed by atoms with Gasteiger partial charge in [-0.2, -0.15) is 0 Å². The van der Waals surface area contributed by atoms with E-state index in [-0.39, 0.29) is 11.8 Å². The van der Waals surface area contributed by atoms with E-state index in [0.717, 1.165) is 16.8 Å². The predicted octanol–water partition coefficient (Wildman–Crippen LogP) is 5.06. The average Bonchev–Trinajstić information content (AvgIpc) is 2.65. The molecule has 0 saturated carbocycles. The van der Waals surface area contributed by atoms with Crippen LogP contribution in [0.3, 0.4) is 0 Å². The van der Waals surface area contributed by atoms with Crippen molar-refractivity contribution in [3.8, 4) is 11.5 Å². The lowest BCUT2D eigenvalue weighted by molar-refractivity contribution is 0.351. The van der Waals surface area contributed by atoms with Crippen LogP contribution in [-0.2, 0) is 9.09 Å². The van der Waals surface area contributed by atoms with Crippen LogP contribution in [0, 0.1) is 6.92 Å². The van der Waals surface area contributed by atoms with E-state index < -0.39 is 8.03 Å². The number of rotatable bonds is 7. The Kier molecular flexibility index (Phi) is 9.63. The molecule has 2 aromatic rings. The van der Waals surface area contributed by atoms with Crippen LogP contribution in [0.4, 0.5) is 5.69 Å². The molecule has 1 heterocycles. The van der Waals surface area contributed by atoms with E-state index in [2.05, 4.69) is 17.2 Å². The summed E-state index contributed by atoms with van der Waals surface area (Å²) < 4.78 is 20.2. The second-order valence-electron chi connectivity index (χ2n) is 5.56. The Morgan fingerprint density at radius 3 is 2.58 bits per heavy atom. The summed E-state index contributed by atoms with van der Waals surface area (Å²) in [4.78, 5) is 4.07. The highest BCUT2D eigenvalue weighted by molar-refractivity contribution is 7.39. The quantitative estimate of drug-likeness (QED) is 0.654. The van der Waals surface area contributed by atoms with Crippen LogP contribution in [-0.4, -0.2) is 30.0 Å². The second kappa shape index (κ2) is 11.4. The molecule has 6 nitrogen and oxygen atoms in total. The molecule has 2 rings (SSSR count). The average molecular weight is 379 g/mol. The summed E-state index contributed by atoms with van der Waals surface area (Å²) >= 11 is 0. The number of nitrogens with zero attached hydrogens (tertiary/aromatic N) is 1. The van der Waals surface area contributed by atoms with E-state index in [1.54, 1.807) is 19.5 Å². The molecule has 0 amide bonds. The Morgan fingerprint density at radius 1 is 1.35 bits per heavy atom. The van der Waals surface area contributed by atoms with Crippen molar-refractivity contribution >= 4 is 13.7 Å². The summed E-state index contributed by atoms with van der Waals surface area (Å²) in [6, 6.07) is 7.74. The van der Waals surface area contributed by atoms with Gasteiger partial charge in [0.25, 0.3) is 0 Å². The lowest BCUT2D eigenvalue weighted by Gasteiger charge is -2.17. The SMILES string of the molecule is CCO[P+](=O)CC.COc1cc(C(C)Nc2cccnc2)cc(C)c1O. The summed E-state index contributed by atoms with van der Waals surface area (Å²) in [7, 11) is 0.225. The summed E-state index contributed by atoms with van der Waals surface area (Å²) in [5.74, 6) is 0.690. The molecule has 142 valence electrons. The first-order valence-corrected chi connectivity index (χ1v) is 9.90. The van der Waals surface area contributed by atoms with E-state index in [4.69, 9.17) is 9.26 Å². The summed E-state index contributed by atoms with van der Waals surface area (Å²) in [6.07, 6.45) is 4.15. The number of methoxy groups -OCH3 is 1. The Hall–Kier alpha value is -2.17. The van der Waals surface area contributed by atoms with Crippen LogP contribution in [0.2, 0.25) is 0 Å². The van der Waals surface area contributed by atoms with Crippen LogP contribution in [0.1, 0.15) is 37.9 Å². The van der Waals surface area contributed by atoms with Gasteiger partial charge in [0.05, 0.1) is 19.4 Å². The zero-order valence-corrected chi connectivity index (χ0v) is 16.9. The van der Waals surface area contributed by atoms with Crippen molar-refractivity contribution in [2.24, 2.45) is 0 Å². The zero-order chi connectivity index (χ0) is 19.5. The molecule has 2 N–H and O–H groups in total. The van der Waals surface area contributed by atoms with Crippen LogP contribution in [0.5, 0.6) is 11.5 Å². The fourth-order valence-corrected chi connectivity index (χ4v) is 2.67. The summed E-state index contributed by atoms with van der Waals surface area (Å²) in [6.45, 7) is 8.15. The molecule has 0 bridgehead atoms. The lowest BCUT2D eigenvalue weighted by Crippen LogP contribution is -2.07. The Morgan fingerprint density at radius 2 is 2.08 bits per heavy atom. The molecule has 7 heteroatoms. The smallest absolute Gasteiger partial charge is 0.504 e. The minimum atomic E-state index is -1.33. The highest BCUT2D eigenvalue weighted by Crippen LogP contribution is 2.33. The molecule has 0 saturated heterocycles. The van der Waals surface area contributed by atoms with E-state index in [1.807, 2.05) is 45.0 Å². The minimum absolute atomic E-state index is 0.0948. The predicted molar refractivity (Wildman–Crippen MR) is 105 cm³/mol. The molecular formula is C19H28N2O4P+. The number of phenolic OH excluding ortho intramolecular Hbond substituents is 1. The van der Waals surface area contributed by atoms with E-state index in [1.165, 1.54) is 0 Å². The number of anilines is 1. The molecule has 1 aromatic carbocycles. The van der Waals surface area contributed by atoms with E-state index >= 15 is 0 Å². The molecule has 0 aliphatic heterocycles. The van der Waals surface area contributed by atoms with Gasteiger partial charge in [-0.25, -0.2) is 0 Å². The van der Waals surface area contributed by atoms with Crippen molar-refractivity contribution in [1.29, 1.82) is 0 Å². The van der Waals surface area contributed by atoms with Gasteiger partial charge in [0.2, 0.25) is 0 Å². The van der Waals surface area contributed by atoms with Crippen molar-refractivity contribution in [3.05, 3.63) is 47.8 Å². The number of benzene rings is 1. The number of hydrogen-bond donors (Lipinski definition) is 2. The number of nitrogens with one attached hydrogen (secondary N) is 1. The monoisotopic (exact) mass is 379 g/mol. The maximum absolute atomic E-state index is 10.3. The summed E-state index contributed by atoms with van der Waals surface area (Å²) in [5.41, 5.74) is 2.81. The van der Waals surface area contributed by atoms with E-state index in [0.29, 0.717) is 18.5 Å². The number of hydrogen-bond acceptors (Lipinski definition) is 6. The molecule has 0 spiro atoms. The van der Waals surface area contributed by atoms with Crippen molar-refractivity contribution in [2.75, 3.05) is 25.2 Å². The van der Waals surface area contributed by atoms with Crippen molar-refractivity contribution < 1.29 is 18.9 Å². The van der Waals surface area contributed by atoms with Gasteiger partial charge in [0, 0.05) is 18.4 Å². The Balaban J connectivity index is 0.000000412. The number of phenols is 1. The van der Waals surface area contributed by atoms with Crippen molar-refractivity contribution in [1.82, 2.24) is 4.98 Å². The van der Waals surface area contributed by atoms with Crippen molar-refractivity contribution in [2.45, 2.75) is 33.7 Å². The van der Waals surface area contributed by atoms with Gasteiger partial charge < -0.3 is 15.2 Å². The van der Waals surface area contributed by atoms with E-state index in [9.17, 15) is 9.67 Å². The van der Waals surface area contributed by atoms with Gasteiger partial charge in [0.1, 0.15) is 0 Å². The van der Waals surface area contributed by atoms with Gasteiger partial charge in [-0.15, -0.1) is 4.52 Å². The van der Waals surface area contributed by atoms with Crippen LogP contribution < -0.4 is 10.1 Å². The topological polar surface area (TPSA) is 80.7 Å². The third-order valence-corrected chi connectivity index (χ3v) is 4.65. The number of aromatic nitrogens is 1. The van der Waals surface area contributed by atoms with Crippen molar-refractivity contribution in [3.63, 3.8) is 0 Å². The zero-order valence-electron chi connectivity index (χ0n) is 16.0. The third-order valence-electron chi connectivity index (χ3n) is 3.58. The fourth-order valence-electron chi connectivity index (χ4n) is 2.20. The molecule has 0 radical (unpaired) electrons. The normalized spacial score (nSPS) is 11.8. The number of ether oxygens (including phenoxy) is 1. The summed E-state index contributed by atoms with van der Waals surface area (Å²) in [5, 5.41) is 13.2. The first-order valence-electron chi connectivity index (χ1n) is 8.54. The molecule has 2 atom stereocenters. The third kappa shape index (κ3) is 6.98. The molecule has 0 fully saturated rings. The fraction of sp³-hybridized carbons (Fsp3) is 0.421. The van der Waals surface area contributed by atoms with Crippen LogP contribution >= 0.6 is 8.03 Å². The minimum Gasteiger partial charge on any atom is -0.504 e. The highest BCUT2D eigenvalue weighted by Gasteiger charge is 2.12. The van der Waals surface area contributed by atoms with Gasteiger partial charge in [-0.1, -0.05) is 6.07 Å². The largest absolute Gasteiger partial charge is 0.507 e. The Labute approximate surface area is 156 Å². The van der Waals surface area contributed by atoms with Gasteiger partial charge in [-0.3, -0.25) is 4.98 Å². The molecule has 0 aliphatic rings. The molecular weight excluding hydrogens is 351 g/mol. The number of pyridine rings is 1. The molecule has 0 aliphatic carbocycles. The number of aryl methyl sites for hydroxylation is 1. The van der Waals surface area contributed by atoms with Gasteiger partial charge in [-0.05, 0) is 61.6 Å². The Bertz CT molecular complexity index is 695. The first kappa shape index (κ1) is 21.9.